The molecule has 1 amide bonds. The predicted octanol–water partition coefficient (Wildman–Crippen LogP) is 1.34. The summed E-state index contributed by atoms with van der Waals surface area (Å²) in [7, 11) is 0. The molecule has 1 atom stereocenters. The maximum Gasteiger partial charge on any atom is 0.242 e. The summed E-state index contributed by atoms with van der Waals surface area (Å²) in [5.74, 6) is 0.622. The molecular formula is C14H19N5O2. The zero-order chi connectivity index (χ0) is 15.2. The lowest BCUT2D eigenvalue weighted by Gasteiger charge is -2.19. The van der Waals surface area contributed by atoms with Crippen LogP contribution in [0.3, 0.4) is 0 Å². The summed E-state index contributed by atoms with van der Waals surface area (Å²) < 4.78 is 7.14. The van der Waals surface area contributed by atoms with E-state index in [2.05, 4.69) is 20.8 Å². The molecule has 0 saturated heterocycles. The molecule has 0 aliphatic carbocycles. The van der Waals surface area contributed by atoms with Gasteiger partial charge in [-0.05, 0) is 37.3 Å². The number of tetrazole rings is 1. The van der Waals surface area contributed by atoms with Gasteiger partial charge in [-0.15, -0.1) is 5.10 Å². The molecular weight excluding hydrogens is 270 g/mol. The second-order valence-electron chi connectivity index (χ2n) is 5.00. The van der Waals surface area contributed by atoms with Crippen LogP contribution < -0.4 is 10.1 Å². The lowest BCUT2D eigenvalue weighted by Crippen LogP contribution is -2.30. The molecule has 2 aromatic rings. The number of benzene rings is 1. The minimum Gasteiger partial charge on any atom is -0.491 e. The van der Waals surface area contributed by atoms with Crippen LogP contribution in [0.25, 0.3) is 0 Å². The van der Waals surface area contributed by atoms with Crippen LogP contribution in [0, 0.1) is 0 Å². The highest BCUT2D eigenvalue weighted by molar-refractivity contribution is 5.76. The van der Waals surface area contributed by atoms with E-state index in [1.165, 1.54) is 11.0 Å². The van der Waals surface area contributed by atoms with Crippen LogP contribution in [0.2, 0.25) is 0 Å². The number of ether oxygens (including phenoxy) is 1. The Hall–Kier alpha value is -2.44. The molecule has 1 aromatic heterocycles. The van der Waals surface area contributed by atoms with Crippen LogP contribution in [-0.4, -0.2) is 32.2 Å². The van der Waals surface area contributed by atoms with Crippen molar-refractivity contribution in [3.63, 3.8) is 0 Å². The molecule has 1 heterocycles. The average Bonchev–Trinajstić information content (AvgIpc) is 2.91. The smallest absolute Gasteiger partial charge is 0.242 e. The maximum atomic E-state index is 12.0. The summed E-state index contributed by atoms with van der Waals surface area (Å²) in [4.78, 5) is 12.0. The highest BCUT2D eigenvalue weighted by atomic mass is 16.5. The number of carbonyl (C=O) groups is 1. The average molecular weight is 289 g/mol. The quantitative estimate of drug-likeness (QED) is 0.867. The fourth-order valence-electron chi connectivity index (χ4n) is 1.96. The molecule has 112 valence electrons. The first-order valence-corrected chi connectivity index (χ1v) is 6.82. The third-order valence-corrected chi connectivity index (χ3v) is 2.82. The van der Waals surface area contributed by atoms with Crippen molar-refractivity contribution >= 4 is 5.91 Å². The largest absolute Gasteiger partial charge is 0.491 e. The Morgan fingerprint density at radius 2 is 2.10 bits per heavy atom. The summed E-state index contributed by atoms with van der Waals surface area (Å²) >= 11 is 0. The molecule has 1 aromatic carbocycles. The van der Waals surface area contributed by atoms with Crippen LogP contribution in [-0.2, 0) is 11.3 Å². The van der Waals surface area contributed by atoms with E-state index in [4.69, 9.17) is 4.74 Å². The Balaban J connectivity index is 2.02. The number of carbonyl (C=O) groups excluding carboxylic acids is 1. The number of amides is 1. The second-order valence-corrected chi connectivity index (χ2v) is 5.00. The van der Waals surface area contributed by atoms with E-state index in [1.807, 2.05) is 45.0 Å². The molecule has 7 nitrogen and oxygen atoms in total. The van der Waals surface area contributed by atoms with Crippen molar-refractivity contribution in [3.05, 3.63) is 36.2 Å². The molecule has 0 unspecified atom stereocenters. The standard InChI is InChI=1S/C14H19N5O2/c1-10(2)21-13-7-5-4-6-12(13)11(3)16-14(20)8-19-9-15-17-18-19/h4-7,9-11H,8H2,1-3H3,(H,16,20)/t11-/m1/s1. The monoisotopic (exact) mass is 289 g/mol. The van der Waals surface area contributed by atoms with Gasteiger partial charge in [-0.2, -0.15) is 0 Å². The van der Waals surface area contributed by atoms with Crippen LogP contribution in [0.1, 0.15) is 32.4 Å². The Kier molecular flexibility index (Phi) is 4.86. The SMILES string of the molecule is CC(C)Oc1ccccc1[C@@H](C)NC(=O)Cn1cnnn1. The Bertz CT molecular complexity index is 583. The number of hydrogen-bond acceptors (Lipinski definition) is 5. The first kappa shape index (κ1) is 15.0. The fourth-order valence-corrected chi connectivity index (χ4v) is 1.96. The summed E-state index contributed by atoms with van der Waals surface area (Å²) in [6, 6.07) is 7.52. The van der Waals surface area contributed by atoms with Gasteiger partial charge in [-0.1, -0.05) is 18.2 Å². The fraction of sp³-hybridized carbons (Fsp3) is 0.429. The van der Waals surface area contributed by atoms with Gasteiger partial charge in [-0.25, -0.2) is 4.68 Å². The van der Waals surface area contributed by atoms with Gasteiger partial charge < -0.3 is 10.1 Å². The number of aromatic nitrogens is 4. The molecule has 0 radical (unpaired) electrons. The molecule has 0 fully saturated rings. The van der Waals surface area contributed by atoms with Crippen molar-refractivity contribution in [2.75, 3.05) is 0 Å². The molecule has 0 spiro atoms. The zero-order valence-electron chi connectivity index (χ0n) is 12.4. The molecule has 1 N–H and O–H groups in total. The van der Waals surface area contributed by atoms with Crippen LogP contribution in [0.5, 0.6) is 5.75 Å². The van der Waals surface area contributed by atoms with Crippen LogP contribution >= 0.6 is 0 Å². The number of para-hydroxylation sites is 1. The van der Waals surface area contributed by atoms with Gasteiger partial charge in [0.1, 0.15) is 18.6 Å². The molecule has 0 aliphatic heterocycles. The maximum absolute atomic E-state index is 12.0. The number of nitrogens with zero attached hydrogens (tertiary/aromatic N) is 4. The van der Waals surface area contributed by atoms with Crippen LogP contribution in [0.4, 0.5) is 0 Å². The molecule has 2 rings (SSSR count). The van der Waals surface area contributed by atoms with Gasteiger partial charge >= 0.3 is 0 Å². The van der Waals surface area contributed by atoms with Gasteiger partial charge in [0.2, 0.25) is 5.91 Å². The van der Waals surface area contributed by atoms with E-state index >= 15 is 0 Å². The minimum absolute atomic E-state index is 0.0790. The molecule has 21 heavy (non-hydrogen) atoms. The van der Waals surface area contributed by atoms with Gasteiger partial charge in [-0.3, -0.25) is 4.79 Å². The van der Waals surface area contributed by atoms with E-state index in [1.54, 1.807) is 0 Å². The lowest BCUT2D eigenvalue weighted by atomic mass is 10.1. The summed E-state index contributed by atoms with van der Waals surface area (Å²) in [6.45, 7) is 5.94. The minimum atomic E-state index is -0.163. The van der Waals surface area contributed by atoms with E-state index < -0.39 is 0 Å². The highest BCUT2D eigenvalue weighted by Crippen LogP contribution is 2.25. The summed E-state index contributed by atoms with van der Waals surface area (Å²) in [5, 5.41) is 13.6. The normalized spacial score (nSPS) is 12.2. The Morgan fingerprint density at radius 1 is 1.33 bits per heavy atom. The second kappa shape index (κ2) is 6.83. The molecule has 0 saturated carbocycles. The van der Waals surface area contributed by atoms with Crippen molar-refractivity contribution in [2.24, 2.45) is 0 Å². The highest BCUT2D eigenvalue weighted by Gasteiger charge is 2.15. The lowest BCUT2D eigenvalue weighted by molar-refractivity contribution is -0.122. The van der Waals surface area contributed by atoms with Gasteiger partial charge in [0.15, 0.2) is 0 Å². The topological polar surface area (TPSA) is 81.9 Å². The third-order valence-electron chi connectivity index (χ3n) is 2.82. The first-order chi connectivity index (χ1) is 10.1. The first-order valence-electron chi connectivity index (χ1n) is 6.82. The Labute approximate surface area is 123 Å². The van der Waals surface area contributed by atoms with E-state index in [-0.39, 0.29) is 24.6 Å². The van der Waals surface area contributed by atoms with Crippen molar-refractivity contribution in [1.82, 2.24) is 25.5 Å². The van der Waals surface area contributed by atoms with E-state index in [0.717, 1.165) is 11.3 Å². The molecule has 0 bridgehead atoms. The predicted molar refractivity (Wildman–Crippen MR) is 76.6 cm³/mol. The number of rotatable bonds is 6. The van der Waals surface area contributed by atoms with Crippen molar-refractivity contribution < 1.29 is 9.53 Å². The van der Waals surface area contributed by atoms with E-state index in [0.29, 0.717) is 0 Å². The van der Waals surface area contributed by atoms with Gasteiger partial charge in [0.25, 0.3) is 0 Å². The molecule has 0 aliphatic rings. The van der Waals surface area contributed by atoms with Crippen LogP contribution in [0.15, 0.2) is 30.6 Å². The van der Waals surface area contributed by atoms with Crippen molar-refractivity contribution in [1.29, 1.82) is 0 Å². The van der Waals surface area contributed by atoms with Crippen molar-refractivity contribution in [3.8, 4) is 5.75 Å². The van der Waals surface area contributed by atoms with Gasteiger partial charge in [0, 0.05) is 5.56 Å². The zero-order valence-corrected chi connectivity index (χ0v) is 12.4. The number of hydrogen-bond donors (Lipinski definition) is 1. The summed E-state index contributed by atoms with van der Waals surface area (Å²) in [6.07, 6.45) is 1.48. The van der Waals surface area contributed by atoms with Crippen molar-refractivity contribution in [2.45, 2.75) is 39.5 Å². The van der Waals surface area contributed by atoms with E-state index in [9.17, 15) is 4.79 Å². The molecule has 7 heteroatoms. The number of nitrogens with one attached hydrogen (secondary N) is 1. The Morgan fingerprint density at radius 3 is 2.76 bits per heavy atom. The summed E-state index contributed by atoms with van der Waals surface area (Å²) in [5.41, 5.74) is 0.941. The van der Waals surface area contributed by atoms with Gasteiger partial charge in [0.05, 0.1) is 12.1 Å². The third kappa shape index (κ3) is 4.27.